The van der Waals surface area contributed by atoms with Crippen molar-refractivity contribution in [2.45, 2.75) is 31.7 Å². The van der Waals surface area contributed by atoms with Crippen molar-refractivity contribution in [2.75, 3.05) is 27.4 Å². The molecule has 1 aliphatic rings. The number of methoxy groups -OCH3 is 1. The fourth-order valence-corrected chi connectivity index (χ4v) is 6.13. The Bertz CT molecular complexity index is 939. The molecule has 1 aliphatic heterocycles. The van der Waals surface area contributed by atoms with Crippen LogP contribution in [0.3, 0.4) is 0 Å². The number of ketones is 1. The van der Waals surface area contributed by atoms with Crippen LogP contribution in [0.2, 0.25) is 0 Å². The first-order chi connectivity index (χ1) is 14.9. The number of ether oxygens (including phenoxy) is 1. The molecule has 9 heteroatoms. The molecule has 2 aromatic carbocycles. The summed E-state index contributed by atoms with van der Waals surface area (Å²) in [5.74, 6) is -1.46. The predicted molar refractivity (Wildman–Crippen MR) is 115 cm³/mol. The first-order valence-electron chi connectivity index (χ1n) is 10.1. The number of nitrogens with zero attached hydrogens (tertiary/aromatic N) is 1. The summed E-state index contributed by atoms with van der Waals surface area (Å²) < 4.78 is 30.2. The lowest BCUT2D eigenvalue weighted by Crippen LogP contribution is -2.31. The van der Waals surface area contributed by atoms with Crippen LogP contribution in [0.5, 0.6) is 11.5 Å². The smallest absolute Gasteiger partial charge is 0.350 e. The SMILES string of the molecule is CCOP(=O)(OCC)[C@@H]1[C@@H](c2ccc(OC)cc2)[C@H](C(=O)c2ccccc2O)ON1C. The van der Waals surface area contributed by atoms with Gasteiger partial charge in [-0.15, -0.1) is 0 Å². The molecule has 2 aromatic rings. The second-order valence-corrected chi connectivity index (χ2v) is 9.17. The van der Waals surface area contributed by atoms with E-state index in [1.54, 1.807) is 64.4 Å². The average molecular weight is 449 g/mol. The number of carbonyl (C=O) groups is 1. The van der Waals surface area contributed by atoms with E-state index in [9.17, 15) is 14.5 Å². The Kier molecular flexibility index (Phi) is 7.51. The van der Waals surface area contributed by atoms with E-state index >= 15 is 0 Å². The van der Waals surface area contributed by atoms with Crippen molar-refractivity contribution >= 4 is 13.4 Å². The van der Waals surface area contributed by atoms with E-state index in [1.807, 2.05) is 0 Å². The number of para-hydroxylation sites is 1. The van der Waals surface area contributed by atoms with Crippen molar-refractivity contribution in [1.29, 1.82) is 0 Å². The predicted octanol–water partition coefficient (Wildman–Crippen LogP) is 4.21. The van der Waals surface area contributed by atoms with Gasteiger partial charge in [0.2, 0.25) is 0 Å². The molecule has 0 saturated carbocycles. The van der Waals surface area contributed by atoms with Crippen molar-refractivity contribution in [3.05, 3.63) is 59.7 Å². The highest BCUT2D eigenvalue weighted by Crippen LogP contribution is 2.61. The number of aromatic hydroxyl groups is 1. The van der Waals surface area contributed by atoms with Crippen molar-refractivity contribution in [3.63, 3.8) is 0 Å². The molecule has 168 valence electrons. The molecule has 0 unspecified atom stereocenters. The molecule has 0 radical (unpaired) electrons. The maximum atomic E-state index is 13.8. The first kappa shape index (κ1) is 23.4. The highest BCUT2D eigenvalue weighted by atomic mass is 31.2. The molecule has 3 atom stereocenters. The minimum absolute atomic E-state index is 0.128. The van der Waals surface area contributed by atoms with Gasteiger partial charge in [0.05, 0.1) is 25.9 Å². The third-order valence-electron chi connectivity index (χ3n) is 5.17. The van der Waals surface area contributed by atoms with Crippen molar-refractivity contribution in [2.24, 2.45) is 0 Å². The quantitative estimate of drug-likeness (QED) is 0.450. The van der Waals surface area contributed by atoms with Crippen LogP contribution < -0.4 is 4.74 Å². The molecule has 1 N–H and O–H groups in total. The Morgan fingerprint density at radius 1 is 1.10 bits per heavy atom. The Morgan fingerprint density at radius 2 is 1.71 bits per heavy atom. The second-order valence-electron chi connectivity index (χ2n) is 7.04. The van der Waals surface area contributed by atoms with Gasteiger partial charge >= 0.3 is 7.60 Å². The number of hydroxylamine groups is 2. The number of benzene rings is 2. The molecular weight excluding hydrogens is 421 g/mol. The normalized spacial score (nSPS) is 21.9. The molecule has 3 rings (SSSR count). The van der Waals surface area contributed by atoms with Gasteiger partial charge in [0, 0.05) is 13.0 Å². The number of carbonyl (C=O) groups excluding carboxylic acids is 1. The van der Waals surface area contributed by atoms with Crippen LogP contribution in [0.1, 0.15) is 35.7 Å². The van der Waals surface area contributed by atoms with E-state index in [0.717, 1.165) is 0 Å². The van der Waals surface area contributed by atoms with Crippen LogP contribution in [-0.2, 0) is 18.5 Å². The molecule has 31 heavy (non-hydrogen) atoms. The summed E-state index contributed by atoms with van der Waals surface area (Å²) in [6.45, 7) is 3.81. The van der Waals surface area contributed by atoms with Crippen LogP contribution >= 0.6 is 7.60 Å². The van der Waals surface area contributed by atoms with E-state index in [2.05, 4.69) is 0 Å². The average Bonchev–Trinajstić information content (AvgIpc) is 3.12. The maximum Gasteiger partial charge on any atom is 0.350 e. The summed E-state index contributed by atoms with van der Waals surface area (Å²) in [5, 5.41) is 11.6. The number of phenolic OH excluding ortho intramolecular Hbond substituents is 1. The van der Waals surface area contributed by atoms with E-state index in [0.29, 0.717) is 11.3 Å². The van der Waals surface area contributed by atoms with E-state index in [4.69, 9.17) is 18.6 Å². The third kappa shape index (κ3) is 4.68. The molecule has 8 nitrogen and oxygen atoms in total. The zero-order valence-corrected chi connectivity index (χ0v) is 19.0. The van der Waals surface area contributed by atoms with Gasteiger partial charge in [-0.1, -0.05) is 24.3 Å². The third-order valence-corrected chi connectivity index (χ3v) is 7.70. The van der Waals surface area contributed by atoms with Crippen LogP contribution in [0.25, 0.3) is 0 Å². The molecule has 0 amide bonds. The Balaban J connectivity index is 2.10. The summed E-state index contributed by atoms with van der Waals surface area (Å²) in [7, 11) is -0.525. The zero-order valence-electron chi connectivity index (χ0n) is 18.1. The molecule has 0 spiro atoms. The maximum absolute atomic E-state index is 13.8. The molecule has 0 aromatic heterocycles. The van der Waals surface area contributed by atoms with Gasteiger partial charge in [-0.05, 0) is 43.7 Å². The van der Waals surface area contributed by atoms with Gasteiger partial charge in [0.1, 0.15) is 17.3 Å². The van der Waals surface area contributed by atoms with Gasteiger partial charge < -0.3 is 18.9 Å². The number of rotatable bonds is 9. The Hall–Kier alpha value is -2.22. The number of likely N-dealkylation sites (N-methyl/N-ethyl adjacent to an activating group) is 1. The fourth-order valence-electron chi connectivity index (χ4n) is 3.85. The van der Waals surface area contributed by atoms with E-state index in [1.165, 1.54) is 17.2 Å². The number of hydrogen-bond acceptors (Lipinski definition) is 8. The zero-order chi connectivity index (χ0) is 22.6. The van der Waals surface area contributed by atoms with Crippen molar-refractivity contribution in [3.8, 4) is 11.5 Å². The van der Waals surface area contributed by atoms with Crippen LogP contribution in [0, 0.1) is 0 Å². The number of hydrogen-bond donors (Lipinski definition) is 1. The lowest BCUT2D eigenvalue weighted by molar-refractivity contribution is -0.122. The number of Topliss-reactive ketones (excluding diaryl/α,β-unsaturated/α-hetero) is 1. The van der Waals surface area contributed by atoms with Gasteiger partial charge in [0.25, 0.3) is 0 Å². The molecule has 1 saturated heterocycles. The molecular formula is C22H28NO7P. The van der Waals surface area contributed by atoms with Gasteiger partial charge in [-0.3, -0.25) is 14.2 Å². The Morgan fingerprint density at radius 3 is 2.26 bits per heavy atom. The van der Waals surface area contributed by atoms with Gasteiger partial charge in [0.15, 0.2) is 11.9 Å². The first-order valence-corrected chi connectivity index (χ1v) is 11.7. The minimum atomic E-state index is -3.69. The topological polar surface area (TPSA) is 94.5 Å². The van der Waals surface area contributed by atoms with Gasteiger partial charge in [-0.25, -0.2) is 0 Å². The van der Waals surface area contributed by atoms with Gasteiger partial charge in [-0.2, -0.15) is 5.06 Å². The summed E-state index contributed by atoms with van der Waals surface area (Å²) in [4.78, 5) is 19.3. The summed E-state index contributed by atoms with van der Waals surface area (Å²) in [6, 6.07) is 13.4. The minimum Gasteiger partial charge on any atom is -0.507 e. The lowest BCUT2D eigenvalue weighted by atomic mass is 9.89. The summed E-state index contributed by atoms with van der Waals surface area (Å²) in [6.07, 6.45) is -1.04. The highest BCUT2D eigenvalue weighted by Gasteiger charge is 2.56. The van der Waals surface area contributed by atoms with Crippen LogP contribution in [0.4, 0.5) is 0 Å². The highest BCUT2D eigenvalue weighted by molar-refractivity contribution is 7.54. The van der Waals surface area contributed by atoms with Crippen molar-refractivity contribution in [1.82, 2.24) is 5.06 Å². The standard InChI is InChI=1S/C22H28NO7P/c1-5-28-31(26,29-6-2)22-19(15-11-13-16(27-4)14-12-15)21(30-23(22)3)20(25)17-9-7-8-10-18(17)24/h7-14,19,21-22,24H,5-6H2,1-4H3/t19-,21+,22+/m0/s1. The second kappa shape index (κ2) is 9.94. The van der Waals surface area contributed by atoms with Crippen LogP contribution in [-0.4, -0.2) is 55.2 Å². The number of phenols is 1. The van der Waals surface area contributed by atoms with Crippen molar-refractivity contribution < 1.29 is 33.1 Å². The monoisotopic (exact) mass is 449 g/mol. The Labute approximate surface area is 182 Å². The molecule has 0 aliphatic carbocycles. The molecule has 1 heterocycles. The summed E-state index contributed by atoms with van der Waals surface area (Å²) >= 11 is 0. The summed E-state index contributed by atoms with van der Waals surface area (Å²) in [5.41, 5.74) is 0.839. The lowest BCUT2D eigenvalue weighted by Gasteiger charge is -2.30. The van der Waals surface area contributed by atoms with E-state index in [-0.39, 0.29) is 24.5 Å². The van der Waals surface area contributed by atoms with E-state index < -0.39 is 31.2 Å². The molecule has 1 fully saturated rings. The fraction of sp³-hybridized carbons (Fsp3) is 0.409. The largest absolute Gasteiger partial charge is 0.507 e. The molecule has 0 bridgehead atoms. The van der Waals surface area contributed by atoms with Crippen LogP contribution in [0.15, 0.2) is 48.5 Å².